The monoisotopic (exact) mass is 511 g/mol. The maximum Gasteiger partial charge on any atom is 0.224 e. The van der Waals surface area contributed by atoms with Gasteiger partial charge < -0.3 is 10.3 Å². The number of imidazole rings is 1. The molecule has 0 saturated carbocycles. The fourth-order valence-corrected chi connectivity index (χ4v) is 5.20. The minimum Gasteiger partial charge on any atom is -0.336 e. The summed E-state index contributed by atoms with van der Waals surface area (Å²) in [5.74, 6) is 0.0247. The average Bonchev–Trinajstić information content (AvgIpc) is 3.61. The summed E-state index contributed by atoms with van der Waals surface area (Å²) in [5, 5.41) is 10.9. The number of pyridine rings is 2. The zero-order valence-corrected chi connectivity index (χ0v) is 20.9. The van der Waals surface area contributed by atoms with Gasteiger partial charge in [0.1, 0.15) is 22.7 Å². The molecule has 0 atom stereocenters. The maximum atomic E-state index is 15.1. The number of aryl methyl sites for hydroxylation is 1. The Morgan fingerprint density at radius 2 is 2.00 bits per heavy atom. The predicted octanol–water partition coefficient (Wildman–Crippen LogP) is 6.48. The standard InChI is InChI=1S/C27H22FN7OS/c1-3-4-23(36)31-16-9-15(12-29-13-16)17-10-18-21(11-19(17)28)34-35-24(18)27-32-20-7-8-30-26(25(20)33-27)22-6-5-14(2)37-22/h5-13H,3-4H2,1-2H3,(H,31,36)(H,32,33)(H,34,35). The molecule has 37 heavy (non-hydrogen) atoms. The van der Waals surface area contributed by atoms with E-state index in [0.29, 0.717) is 45.7 Å². The Morgan fingerprint density at radius 3 is 2.81 bits per heavy atom. The summed E-state index contributed by atoms with van der Waals surface area (Å²) in [7, 11) is 0. The van der Waals surface area contributed by atoms with Crippen molar-refractivity contribution in [1.29, 1.82) is 0 Å². The molecule has 6 aromatic rings. The van der Waals surface area contributed by atoms with Crippen LogP contribution < -0.4 is 5.32 Å². The number of H-pyrrole nitrogens is 2. The van der Waals surface area contributed by atoms with Crippen LogP contribution in [0.5, 0.6) is 0 Å². The van der Waals surface area contributed by atoms with Crippen molar-refractivity contribution in [3.63, 3.8) is 0 Å². The van der Waals surface area contributed by atoms with Crippen LogP contribution in [0.1, 0.15) is 24.6 Å². The number of carbonyl (C=O) groups excluding carboxylic acids is 1. The summed E-state index contributed by atoms with van der Waals surface area (Å²) < 4.78 is 15.1. The Kier molecular flexibility index (Phi) is 5.72. The van der Waals surface area contributed by atoms with Gasteiger partial charge in [0, 0.05) is 46.3 Å². The van der Waals surface area contributed by atoms with Crippen molar-refractivity contribution in [2.24, 2.45) is 0 Å². The summed E-state index contributed by atoms with van der Waals surface area (Å²) >= 11 is 1.66. The van der Waals surface area contributed by atoms with Crippen LogP contribution in [0.4, 0.5) is 10.1 Å². The van der Waals surface area contributed by atoms with Gasteiger partial charge in [-0.1, -0.05) is 6.92 Å². The van der Waals surface area contributed by atoms with Gasteiger partial charge in [0.15, 0.2) is 5.82 Å². The highest BCUT2D eigenvalue weighted by Crippen LogP contribution is 2.35. The zero-order chi connectivity index (χ0) is 25.5. The van der Waals surface area contributed by atoms with Crippen molar-refractivity contribution < 1.29 is 9.18 Å². The Labute approximate surface area is 215 Å². The van der Waals surface area contributed by atoms with E-state index in [1.807, 2.05) is 19.1 Å². The summed E-state index contributed by atoms with van der Waals surface area (Å²) in [6.45, 7) is 3.99. The van der Waals surface area contributed by atoms with E-state index in [1.54, 1.807) is 42.1 Å². The van der Waals surface area contributed by atoms with Gasteiger partial charge in [0.2, 0.25) is 5.91 Å². The number of aromatic amines is 2. The quantitative estimate of drug-likeness (QED) is 0.237. The fourth-order valence-electron chi connectivity index (χ4n) is 4.34. The number of hydrogen-bond donors (Lipinski definition) is 3. The first-order valence-corrected chi connectivity index (χ1v) is 12.7. The zero-order valence-electron chi connectivity index (χ0n) is 20.1. The molecule has 0 aliphatic carbocycles. The van der Waals surface area contributed by atoms with Crippen molar-refractivity contribution >= 4 is 44.9 Å². The molecule has 8 nitrogen and oxygen atoms in total. The molecule has 0 fully saturated rings. The number of hydrogen-bond acceptors (Lipinski definition) is 6. The normalized spacial score (nSPS) is 11.4. The van der Waals surface area contributed by atoms with Crippen molar-refractivity contribution in [1.82, 2.24) is 30.1 Å². The summed E-state index contributed by atoms with van der Waals surface area (Å²) in [5.41, 5.74) is 4.92. The molecule has 0 spiro atoms. The number of benzene rings is 1. The first-order chi connectivity index (χ1) is 18.0. The van der Waals surface area contributed by atoms with Crippen LogP contribution in [0, 0.1) is 12.7 Å². The molecule has 1 amide bonds. The first kappa shape index (κ1) is 23.0. The number of fused-ring (bicyclic) bond motifs is 2. The van der Waals surface area contributed by atoms with E-state index in [9.17, 15) is 4.79 Å². The molecule has 1 aromatic carbocycles. The number of halogens is 1. The molecule has 0 saturated heterocycles. The Morgan fingerprint density at radius 1 is 1.11 bits per heavy atom. The average molecular weight is 512 g/mol. The minimum atomic E-state index is -0.425. The number of anilines is 1. The lowest BCUT2D eigenvalue weighted by atomic mass is 10.0. The van der Waals surface area contributed by atoms with E-state index >= 15 is 4.39 Å². The van der Waals surface area contributed by atoms with Gasteiger partial charge in [-0.3, -0.25) is 19.9 Å². The number of carbonyl (C=O) groups is 1. The van der Waals surface area contributed by atoms with Crippen LogP contribution in [0.25, 0.3) is 55.2 Å². The maximum absolute atomic E-state index is 15.1. The summed E-state index contributed by atoms with van der Waals surface area (Å²) in [4.78, 5) is 31.2. The number of nitrogens with zero attached hydrogens (tertiary/aromatic N) is 4. The molecule has 0 aliphatic rings. The van der Waals surface area contributed by atoms with Crippen LogP contribution in [0.3, 0.4) is 0 Å². The summed E-state index contributed by atoms with van der Waals surface area (Å²) in [6, 6.07) is 10.8. The fraction of sp³-hybridized carbons (Fsp3) is 0.148. The topological polar surface area (TPSA) is 112 Å². The second-order valence-electron chi connectivity index (χ2n) is 8.76. The molecule has 0 aliphatic heterocycles. The van der Waals surface area contributed by atoms with Crippen molar-refractivity contribution in [2.45, 2.75) is 26.7 Å². The molecule has 6 rings (SSSR count). The van der Waals surface area contributed by atoms with Crippen LogP contribution in [-0.4, -0.2) is 36.0 Å². The van der Waals surface area contributed by atoms with Crippen molar-refractivity contribution in [3.8, 4) is 33.2 Å². The van der Waals surface area contributed by atoms with E-state index in [1.165, 1.54) is 10.9 Å². The predicted molar refractivity (Wildman–Crippen MR) is 144 cm³/mol. The van der Waals surface area contributed by atoms with Gasteiger partial charge >= 0.3 is 0 Å². The van der Waals surface area contributed by atoms with Gasteiger partial charge in [-0.15, -0.1) is 11.3 Å². The molecule has 5 aromatic heterocycles. The van der Waals surface area contributed by atoms with Crippen molar-refractivity contribution in [3.05, 3.63) is 65.7 Å². The lowest BCUT2D eigenvalue weighted by molar-refractivity contribution is -0.116. The number of thiophene rings is 1. The van der Waals surface area contributed by atoms with E-state index in [-0.39, 0.29) is 5.91 Å². The third-order valence-electron chi connectivity index (χ3n) is 6.06. The Bertz CT molecular complexity index is 1780. The summed E-state index contributed by atoms with van der Waals surface area (Å²) in [6.07, 6.45) is 6.02. The van der Waals surface area contributed by atoms with Crippen molar-refractivity contribution in [2.75, 3.05) is 5.32 Å². The first-order valence-electron chi connectivity index (χ1n) is 11.8. The smallest absolute Gasteiger partial charge is 0.224 e. The molecule has 0 radical (unpaired) electrons. The van der Waals surface area contributed by atoms with Gasteiger partial charge in [0.05, 0.1) is 27.8 Å². The number of amides is 1. The van der Waals surface area contributed by atoms with Crippen LogP contribution >= 0.6 is 11.3 Å². The van der Waals surface area contributed by atoms with Crippen LogP contribution in [0.2, 0.25) is 0 Å². The van der Waals surface area contributed by atoms with Gasteiger partial charge in [-0.2, -0.15) is 5.10 Å². The second-order valence-corrected chi connectivity index (χ2v) is 10.0. The highest BCUT2D eigenvalue weighted by atomic mass is 32.1. The molecule has 3 N–H and O–H groups in total. The lowest BCUT2D eigenvalue weighted by Gasteiger charge is -2.08. The van der Waals surface area contributed by atoms with Gasteiger partial charge in [-0.25, -0.2) is 9.37 Å². The third kappa shape index (κ3) is 4.25. The molecular weight excluding hydrogens is 489 g/mol. The number of nitrogens with one attached hydrogen (secondary N) is 3. The van der Waals surface area contributed by atoms with E-state index < -0.39 is 5.82 Å². The molecule has 10 heteroatoms. The van der Waals surface area contributed by atoms with E-state index in [4.69, 9.17) is 4.98 Å². The highest BCUT2D eigenvalue weighted by molar-refractivity contribution is 7.15. The molecule has 0 bridgehead atoms. The second kappa shape index (κ2) is 9.21. The molecule has 0 unspecified atom stereocenters. The number of aromatic nitrogens is 6. The molecular formula is C27H22FN7OS. The Balaban J connectivity index is 1.43. The molecule has 5 heterocycles. The highest BCUT2D eigenvalue weighted by Gasteiger charge is 2.19. The van der Waals surface area contributed by atoms with Gasteiger partial charge in [0.25, 0.3) is 0 Å². The van der Waals surface area contributed by atoms with E-state index in [2.05, 4.69) is 43.5 Å². The van der Waals surface area contributed by atoms with E-state index in [0.717, 1.165) is 28.0 Å². The largest absolute Gasteiger partial charge is 0.336 e. The third-order valence-corrected chi connectivity index (χ3v) is 7.07. The SMILES string of the molecule is CCCC(=O)Nc1cncc(-c2cc3c(-c4nc5c(-c6ccc(C)s6)nccc5[nH]4)n[nH]c3cc2F)c1. The van der Waals surface area contributed by atoms with Gasteiger partial charge in [-0.05, 0) is 43.7 Å². The molecule has 184 valence electrons. The number of rotatable bonds is 6. The minimum absolute atomic E-state index is 0.106. The Hall–Kier alpha value is -4.44. The van der Waals surface area contributed by atoms with Crippen LogP contribution in [0.15, 0.2) is 55.0 Å². The van der Waals surface area contributed by atoms with Crippen LogP contribution in [-0.2, 0) is 4.79 Å². The lowest BCUT2D eigenvalue weighted by Crippen LogP contribution is -2.10.